The minimum Gasteiger partial charge on any atom is -0.458 e. The van der Waals surface area contributed by atoms with Gasteiger partial charge in [0.1, 0.15) is 11.2 Å². The number of hydrogen-bond acceptors (Lipinski definition) is 5. The van der Waals surface area contributed by atoms with Crippen LogP contribution in [-0.2, 0) is 18.7 Å². The summed E-state index contributed by atoms with van der Waals surface area (Å²) >= 11 is 0. The lowest BCUT2D eigenvalue weighted by Gasteiger charge is -2.41. The molecule has 0 bridgehead atoms. The first-order chi connectivity index (χ1) is 13.2. The molecule has 1 rings (SSSR count). The van der Waals surface area contributed by atoms with E-state index in [2.05, 4.69) is 40.4 Å². The Morgan fingerprint density at radius 2 is 1.40 bits per heavy atom. The summed E-state index contributed by atoms with van der Waals surface area (Å²) in [5.74, 6) is -0.648. The summed E-state index contributed by atoms with van der Waals surface area (Å²) in [4.78, 5) is 27.8. The third-order valence-corrected chi connectivity index (χ3v) is 10.1. The summed E-state index contributed by atoms with van der Waals surface area (Å²) in [6, 6.07) is -0.880. The van der Waals surface area contributed by atoms with Gasteiger partial charge in [-0.2, -0.15) is 0 Å². The Morgan fingerprint density at radius 3 is 1.77 bits per heavy atom. The molecule has 0 radical (unpaired) electrons. The van der Waals surface area contributed by atoms with E-state index in [1.54, 1.807) is 0 Å². The number of nitrogens with zero attached hydrogens (tertiary/aromatic N) is 1. The smallest absolute Gasteiger partial charge is 0.411 e. The molecule has 1 amide bonds. The van der Waals surface area contributed by atoms with Crippen molar-refractivity contribution in [3.05, 3.63) is 12.2 Å². The van der Waals surface area contributed by atoms with Gasteiger partial charge in [-0.05, 0) is 66.6 Å². The zero-order chi connectivity index (χ0) is 23.9. The molecule has 0 aromatic rings. The first kappa shape index (κ1) is 26.7. The summed E-state index contributed by atoms with van der Waals surface area (Å²) in [7, 11) is -2.24. The second kappa shape index (κ2) is 8.65. The maximum absolute atomic E-state index is 13.3. The molecule has 30 heavy (non-hydrogen) atoms. The van der Waals surface area contributed by atoms with Gasteiger partial charge in [0.15, 0.2) is 14.4 Å². The normalized spacial score (nSPS) is 23.3. The Kier molecular flexibility index (Phi) is 7.70. The van der Waals surface area contributed by atoms with Crippen LogP contribution in [0.25, 0.3) is 0 Å². The van der Waals surface area contributed by atoms with Crippen LogP contribution in [0.4, 0.5) is 4.79 Å². The van der Waals surface area contributed by atoms with Gasteiger partial charge in [0.2, 0.25) is 0 Å². The predicted molar refractivity (Wildman–Crippen MR) is 123 cm³/mol. The van der Waals surface area contributed by atoms with Crippen molar-refractivity contribution in [1.82, 2.24) is 4.90 Å². The highest BCUT2D eigenvalue weighted by atomic mass is 28.4. The maximum atomic E-state index is 13.3. The Balaban J connectivity index is 3.44. The number of likely N-dealkylation sites (tertiary alicyclic amines) is 1. The van der Waals surface area contributed by atoms with E-state index in [0.717, 1.165) is 5.57 Å². The van der Waals surface area contributed by atoms with Crippen LogP contribution in [-0.4, -0.2) is 55.2 Å². The number of rotatable bonds is 4. The molecule has 0 aromatic heterocycles. The molecule has 0 aliphatic carbocycles. The van der Waals surface area contributed by atoms with Crippen molar-refractivity contribution in [1.29, 1.82) is 0 Å². The fraction of sp³-hybridized carbons (Fsp3) is 0.826. The van der Waals surface area contributed by atoms with E-state index < -0.39 is 43.7 Å². The molecular weight excluding hydrogens is 398 g/mol. The highest BCUT2D eigenvalue weighted by Gasteiger charge is 2.54. The molecule has 3 atom stereocenters. The van der Waals surface area contributed by atoms with Crippen molar-refractivity contribution in [3.8, 4) is 0 Å². The van der Waals surface area contributed by atoms with E-state index in [9.17, 15) is 9.59 Å². The minimum atomic E-state index is -2.24. The second-order valence-electron chi connectivity index (χ2n) is 11.9. The van der Waals surface area contributed by atoms with Crippen molar-refractivity contribution in [2.75, 3.05) is 6.54 Å². The van der Waals surface area contributed by atoms with Crippen LogP contribution in [0.1, 0.15) is 69.2 Å². The van der Waals surface area contributed by atoms with Crippen LogP contribution in [0.5, 0.6) is 0 Å². The SMILES string of the molecule is C=C(C)[C@H]1CN(C(=O)OC(C)(C)C)[C@H](C(=O)OC(C)(C)C)[C@@H]1O[Si](C)(C)C(C)(C)C. The quantitative estimate of drug-likeness (QED) is 0.326. The topological polar surface area (TPSA) is 65.1 Å². The lowest BCUT2D eigenvalue weighted by Crippen LogP contribution is -2.54. The number of carbonyl (C=O) groups is 2. The average Bonchev–Trinajstić information content (AvgIpc) is 2.81. The van der Waals surface area contributed by atoms with Crippen LogP contribution in [0.2, 0.25) is 18.1 Å². The number of ether oxygens (including phenoxy) is 2. The fourth-order valence-electron chi connectivity index (χ4n) is 3.06. The average molecular weight is 442 g/mol. The fourth-order valence-corrected chi connectivity index (χ4v) is 4.39. The minimum absolute atomic E-state index is 0.0511. The zero-order valence-electron chi connectivity index (χ0n) is 21.1. The van der Waals surface area contributed by atoms with E-state index in [0.29, 0.717) is 6.54 Å². The van der Waals surface area contributed by atoms with Gasteiger partial charge < -0.3 is 13.9 Å². The molecule has 1 aliphatic rings. The summed E-state index contributed by atoms with van der Waals surface area (Å²) in [6.45, 7) is 28.0. The maximum Gasteiger partial charge on any atom is 0.411 e. The largest absolute Gasteiger partial charge is 0.458 e. The third-order valence-electron chi connectivity index (χ3n) is 5.58. The number of hydrogen-bond donors (Lipinski definition) is 0. The van der Waals surface area contributed by atoms with E-state index in [1.165, 1.54) is 4.90 Å². The molecule has 1 aliphatic heterocycles. The van der Waals surface area contributed by atoms with Gasteiger partial charge in [-0.15, -0.1) is 0 Å². The second-order valence-corrected chi connectivity index (χ2v) is 16.7. The summed E-state index contributed by atoms with van der Waals surface area (Å²) in [5, 5.41) is -0.0511. The van der Waals surface area contributed by atoms with Crippen LogP contribution in [0.3, 0.4) is 0 Å². The molecule has 0 unspecified atom stereocenters. The van der Waals surface area contributed by atoms with Crippen LogP contribution >= 0.6 is 0 Å². The Hall–Kier alpha value is -1.34. The number of carbonyl (C=O) groups excluding carboxylic acids is 2. The highest BCUT2D eigenvalue weighted by molar-refractivity contribution is 6.74. The highest BCUT2D eigenvalue weighted by Crippen LogP contribution is 2.42. The molecule has 174 valence electrons. The Bertz CT molecular complexity index is 667. The zero-order valence-corrected chi connectivity index (χ0v) is 22.1. The van der Waals surface area contributed by atoms with E-state index in [4.69, 9.17) is 13.9 Å². The summed E-state index contributed by atoms with van der Waals surface area (Å²) in [6.07, 6.45) is -1.06. The molecule has 1 heterocycles. The molecule has 1 fully saturated rings. The molecule has 0 N–H and O–H groups in total. The number of esters is 1. The molecule has 0 spiro atoms. The van der Waals surface area contributed by atoms with Crippen molar-refractivity contribution in [2.24, 2.45) is 5.92 Å². The summed E-state index contributed by atoms with van der Waals surface area (Å²) in [5.41, 5.74) is -0.482. The van der Waals surface area contributed by atoms with Crippen LogP contribution in [0, 0.1) is 5.92 Å². The van der Waals surface area contributed by atoms with Crippen molar-refractivity contribution in [2.45, 2.75) is 111 Å². The monoisotopic (exact) mass is 441 g/mol. The van der Waals surface area contributed by atoms with E-state index >= 15 is 0 Å². The van der Waals surface area contributed by atoms with Crippen molar-refractivity contribution < 1.29 is 23.5 Å². The van der Waals surface area contributed by atoms with Gasteiger partial charge in [0.05, 0.1) is 6.10 Å². The third kappa shape index (κ3) is 6.84. The van der Waals surface area contributed by atoms with Crippen LogP contribution in [0.15, 0.2) is 12.2 Å². The summed E-state index contributed by atoms with van der Waals surface area (Å²) < 4.78 is 18.0. The van der Waals surface area contributed by atoms with Crippen molar-refractivity contribution >= 4 is 20.4 Å². The van der Waals surface area contributed by atoms with Gasteiger partial charge in [-0.25, -0.2) is 9.59 Å². The Morgan fingerprint density at radius 1 is 0.933 bits per heavy atom. The van der Waals surface area contributed by atoms with Gasteiger partial charge in [-0.1, -0.05) is 32.9 Å². The van der Waals surface area contributed by atoms with Gasteiger partial charge >= 0.3 is 12.1 Å². The first-order valence-electron chi connectivity index (χ1n) is 10.7. The van der Waals surface area contributed by atoms with Crippen LogP contribution < -0.4 is 0 Å². The Labute approximate surface area is 184 Å². The predicted octanol–water partition coefficient (Wildman–Crippen LogP) is 5.53. The van der Waals surface area contributed by atoms with E-state index in [-0.39, 0.29) is 11.0 Å². The van der Waals surface area contributed by atoms with Gasteiger partial charge in [-0.3, -0.25) is 4.90 Å². The molecule has 0 saturated carbocycles. The molecule has 7 heteroatoms. The molecular formula is C23H43NO5Si. The molecule has 0 aromatic carbocycles. The lowest BCUT2D eigenvalue weighted by atomic mass is 9.95. The van der Waals surface area contributed by atoms with E-state index in [1.807, 2.05) is 48.5 Å². The lowest BCUT2D eigenvalue weighted by molar-refractivity contribution is -0.162. The van der Waals surface area contributed by atoms with Crippen molar-refractivity contribution in [3.63, 3.8) is 0 Å². The number of amides is 1. The van der Waals surface area contributed by atoms with Gasteiger partial charge in [0.25, 0.3) is 0 Å². The van der Waals surface area contributed by atoms with Gasteiger partial charge in [0, 0.05) is 12.5 Å². The first-order valence-corrected chi connectivity index (χ1v) is 13.6. The molecule has 1 saturated heterocycles. The molecule has 6 nitrogen and oxygen atoms in total. The standard InChI is InChI=1S/C23H43NO5Si/c1-15(2)16-14-24(20(26)28-22(6,7)8)17(19(25)27-21(3,4)5)18(16)29-30(12,13)23(9,10)11/h16-18H,1,14H2,2-13H3/t16-,17+,18-/m1/s1.